The number of aryl methyl sites for hydroxylation is 1. The van der Waals surface area contributed by atoms with Crippen molar-refractivity contribution in [2.75, 3.05) is 18.5 Å². The van der Waals surface area contributed by atoms with Gasteiger partial charge in [-0.1, -0.05) is 0 Å². The van der Waals surface area contributed by atoms with Crippen LogP contribution in [0.25, 0.3) is 0 Å². The van der Waals surface area contributed by atoms with E-state index in [1.54, 1.807) is 4.68 Å². The van der Waals surface area contributed by atoms with Gasteiger partial charge >= 0.3 is 0 Å². The van der Waals surface area contributed by atoms with Crippen molar-refractivity contribution in [1.82, 2.24) is 14.1 Å². The van der Waals surface area contributed by atoms with E-state index in [9.17, 15) is 8.42 Å². The third kappa shape index (κ3) is 1.80. The number of nitrogens with two attached hydrogens (primary N) is 1. The highest BCUT2D eigenvalue weighted by Gasteiger charge is 2.27. The fourth-order valence-electron chi connectivity index (χ4n) is 2.03. The highest BCUT2D eigenvalue weighted by molar-refractivity contribution is 7.88. The summed E-state index contributed by atoms with van der Waals surface area (Å²) in [5, 5.41) is 4.20. The molecule has 1 aromatic heterocycles. The Kier molecular flexibility index (Phi) is 2.67. The van der Waals surface area contributed by atoms with Gasteiger partial charge < -0.3 is 5.73 Å². The summed E-state index contributed by atoms with van der Waals surface area (Å²) < 4.78 is 26.2. The first-order valence-electron chi connectivity index (χ1n) is 5.22. The summed E-state index contributed by atoms with van der Waals surface area (Å²) in [4.78, 5) is 0. The molecule has 1 aromatic rings. The molecule has 0 aromatic carbocycles. The van der Waals surface area contributed by atoms with Crippen LogP contribution in [0.5, 0.6) is 0 Å². The third-order valence-electron chi connectivity index (χ3n) is 2.90. The SMILES string of the molecule is CCn1nc(N)c2c1CN(S(C)(=O)=O)CC2. The minimum Gasteiger partial charge on any atom is -0.382 e. The van der Waals surface area contributed by atoms with Crippen molar-refractivity contribution in [1.29, 1.82) is 0 Å². The van der Waals surface area contributed by atoms with Crippen molar-refractivity contribution in [3.05, 3.63) is 11.3 Å². The Bertz CT molecular complexity index is 506. The minimum absolute atomic E-state index is 0.381. The van der Waals surface area contributed by atoms with E-state index in [0.717, 1.165) is 11.3 Å². The largest absolute Gasteiger partial charge is 0.382 e. The van der Waals surface area contributed by atoms with Crippen molar-refractivity contribution in [2.45, 2.75) is 26.4 Å². The molecule has 2 rings (SSSR count). The van der Waals surface area contributed by atoms with Gasteiger partial charge in [0.2, 0.25) is 10.0 Å². The molecule has 0 unspecified atom stereocenters. The van der Waals surface area contributed by atoms with Gasteiger partial charge in [-0.25, -0.2) is 8.42 Å². The smallest absolute Gasteiger partial charge is 0.211 e. The zero-order chi connectivity index (χ0) is 11.9. The molecule has 0 atom stereocenters. The number of nitrogen functional groups attached to an aromatic ring is 1. The van der Waals surface area contributed by atoms with Gasteiger partial charge in [0.05, 0.1) is 18.5 Å². The Labute approximate surface area is 95.1 Å². The van der Waals surface area contributed by atoms with Gasteiger partial charge in [0.1, 0.15) is 5.82 Å². The number of rotatable bonds is 2. The van der Waals surface area contributed by atoms with Crippen molar-refractivity contribution >= 4 is 15.8 Å². The van der Waals surface area contributed by atoms with E-state index >= 15 is 0 Å². The lowest BCUT2D eigenvalue weighted by Gasteiger charge is -2.25. The van der Waals surface area contributed by atoms with Crippen LogP contribution in [-0.4, -0.2) is 35.3 Å². The summed E-state index contributed by atoms with van der Waals surface area (Å²) >= 11 is 0. The van der Waals surface area contributed by atoms with Gasteiger partial charge in [-0.15, -0.1) is 0 Å². The van der Waals surface area contributed by atoms with Gasteiger partial charge in [0.25, 0.3) is 0 Å². The number of aromatic nitrogens is 2. The Morgan fingerprint density at radius 1 is 1.50 bits per heavy atom. The van der Waals surface area contributed by atoms with Crippen molar-refractivity contribution in [2.24, 2.45) is 0 Å². The summed E-state index contributed by atoms with van der Waals surface area (Å²) in [7, 11) is -3.13. The summed E-state index contributed by atoms with van der Waals surface area (Å²) in [5.74, 6) is 0.532. The summed E-state index contributed by atoms with van der Waals surface area (Å²) in [6.45, 7) is 3.54. The molecule has 2 heterocycles. The first-order valence-corrected chi connectivity index (χ1v) is 7.07. The number of hydrogen-bond acceptors (Lipinski definition) is 4. The lowest BCUT2D eigenvalue weighted by molar-refractivity contribution is 0.379. The van der Waals surface area contributed by atoms with Crippen LogP contribution in [0.4, 0.5) is 5.82 Å². The third-order valence-corrected chi connectivity index (χ3v) is 4.15. The molecule has 0 radical (unpaired) electrons. The molecule has 0 spiro atoms. The van der Waals surface area contributed by atoms with Gasteiger partial charge in [0.15, 0.2) is 0 Å². The van der Waals surface area contributed by atoms with Crippen LogP contribution < -0.4 is 5.73 Å². The van der Waals surface area contributed by atoms with Crippen LogP contribution in [0.1, 0.15) is 18.2 Å². The molecule has 16 heavy (non-hydrogen) atoms. The second-order valence-corrected chi connectivity index (χ2v) is 5.96. The topological polar surface area (TPSA) is 81.2 Å². The van der Waals surface area contributed by atoms with Crippen LogP contribution in [0.3, 0.4) is 0 Å². The molecule has 2 N–H and O–H groups in total. The number of hydrogen-bond donors (Lipinski definition) is 1. The van der Waals surface area contributed by atoms with E-state index in [4.69, 9.17) is 5.73 Å². The first kappa shape index (κ1) is 11.4. The lowest BCUT2D eigenvalue weighted by atomic mass is 10.1. The molecule has 0 saturated heterocycles. The minimum atomic E-state index is -3.13. The summed E-state index contributed by atoms with van der Waals surface area (Å²) in [6, 6.07) is 0. The highest BCUT2D eigenvalue weighted by Crippen LogP contribution is 2.25. The number of fused-ring (bicyclic) bond motifs is 1. The molecule has 0 bridgehead atoms. The molecular weight excluding hydrogens is 228 g/mol. The van der Waals surface area contributed by atoms with E-state index in [1.165, 1.54) is 10.6 Å². The molecule has 0 aliphatic carbocycles. The second kappa shape index (κ2) is 3.74. The van der Waals surface area contributed by atoms with Crippen LogP contribution in [0, 0.1) is 0 Å². The maximum atomic E-state index is 11.5. The maximum absolute atomic E-state index is 11.5. The molecule has 0 fully saturated rings. The highest BCUT2D eigenvalue weighted by atomic mass is 32.2. The van der Waals surface area contributed by atoms with Gasteiger partial charge in [0, 0.05) is 18.7 Å². The molecule has 0 saturated carbocycles. The zero-order valence-electron chi connectivity index (χ0n) is 9.47. The number of sulfonamides is 1. The van der Waals surface area contributed by atoms with E-state index in [2.05, 4.69) is 5.10 Å². The first-order chi connectivity index (χ1) is 7.43. The van der Waals surface area contributed by atoms with Gasteiger partial charge in [-0.3, -0.25) is 4.68 Å². The summed E-state index contributed by atoms with van der Waals surface area (Å²) in [6.07, 6.45) is 1.88. The summed E-state index contributed by atoms with van der Waals surface area (Å²) in [5.41, 5.74) is 7.72. The van der Waals surface area contributed by atoms with Crippen LogP contribution in [0.2, 0.25) is 0 Å². The molecule has 7 heteroatoms. The van der Waals surface area contributed by atoms with E-state index in [0.29, 0.717) is 31.9 Å². The van der Waals surface area contributed by atoms with Gasteiger partial charge in [-0.2, -0.15) is 9.40 Å². The predicted molar refractivity (Wildman–Crippen MR) is 61.3 cm³/mol. The van der Waals surface area contributed by atoms with Gasteiger partial charge in [-0.05, 0) is 13.3 Å². The second-order valence-electron chi connectivity index (χ2n) is 3.97. The molecular formula is C9H16N4O2S. The van der Waals surface area contributed by atoms with Crippen molar-refractivity contribution in [3.63, 3.8) is 0 Å². The molecule has 90 valence electrons. The van der Waals surface area contributed by atoms with E-state index in [1.807, 2.05) is 6.92 Å². The molecule has 1 aliphatic rings. The zero-order valence-corrected chi connectivity index (χ0v) is 10.3. The lowest BCUT2D eigenvalue weighted by Crippen LogP contribution is -2.36. The molecule has 0 amide bonds. The standard InChI is InChI=1S/C9H16N4O2S/c1-3-13-8-6-12(16(2,14)15)5-4-7(8)9(10)11-13/h3-6H2,1-2H3,(H2,10,11). The number of nitrogens with zero attached hydrogens (tertiary/aromatic N) is 3. The Hall–Kier alpha value is -1.08. The van der Waals surface area contributed by atoms with Crippen LogP contribution >= 0.6 is 0 Å². The normalized spacial score (nSPS) is 17.4. The monoisotopic (exact) mass is 244 g/mol. The van der Waals surface area contributed by atoms with Crippen LogP contribution in [0.15, 0.2) is 0 Å². The van der Waals surface area contributed by atoms with E-state index in [-0.39, 0.29) is 0 Å². The van der Waals surface area contributed by atoms with Crippen molar-refractivity contribution < 1.29 is 8.42 Å². The van der Waals surface area contributed by atoms with E-state index < -0.39 is 10.0 Å². The van der Waals surface area contributed by atoms with Crippen LogP contribution in [-0.2, 0) is 29.5 Å². The maximum Gasteiger partial charge on any atom is 0.211 e. The average Bonchev–Trinajstić information content (AvgIpc) is 2.54. The quantitative estimate of drug-likeness (QED) is 0.781. The predicted octanol–water partition coefficient (Wildman–Crippen LogP) is -0.197. The molecule has 1 aliphatic heterocycles. The van der Waals surface area contributed by atoms with Crippen molar-refractivity contribution in [3.8, 4) is 0 Å². The fraction of sp³-hybridized carbons (Fsp3) is 0.667. The Morgan fingerprint density at radius 2 is 2.19 bits per heavy atom. The Morgan fingerprint density at radius 3 is 2.75 bits per heavy atom. The fourth-order valence-corrected chi connectivity index (χ4v) is 2.81. The Balaban J connectivity index is 2.39. The number of anilines is 1. The molecule has 6 nitrogen and oxygen atoms in total. The average molecular weight is 244 g/mol.